The molecule has 1 atom stereocenters. The van der Waals surface area contributed by atoms with Crippen LogP contribution in [0.4, 0.5) is 0 Å². The Bertz CT molecular complexity index is 1410. The molecule has 2 aromatic carbocycles. The molecule has 0 unspecified atom stereocenters. The van der Waals surface area contributed by atoms with E-state index in [1.54, 1.807) is 24.3 Å². The lowest BCUT2D eigenvalue weighted by atomic mass is 9.70. The van der Waals surface area contributed by atoms with Crippen LogP contribution in [0.1, 0.15) is 52.6 Å². The number of phenolic OH excluding ortho intramolecular Hbond substituents is 2. The molecule has 0 spiro atoms. The van der Waals surface area contributed by atoms with Gasteiger partial charge in [-0.3, -0.25) is 19.2 Å². The van der Waals surface area contributed by atoms with Crippen LogP contribution in [0, 0.1) is 6.92 Å². The second-order valence-electron chi connectivity index (χ2n) is 8.89. The predicted molar refractivity (Wildman–Crippen MR) is 129 cm³/mol. The van der Waals surface area contributed by atoms with E-state index in [2.05, 4.69) is 5.32 Å². The number of aromatic hydroxyl groups is 2. The summed E-state index contributed by atoms with van der Waals surface area (Å²) in [4.78, 5) is 51.6. The molecule has 1 aliphatic carbocycles. The number of benzene rings is 2. The summed E-state index contributed by atoms with van der Waals surface area (Å²) < 4.78 is 10.8. The first-order chi connectivity index (χ1) is 16.9. The summed E-state index contributed by atoms with van der Waals surface area (Å²) in [5, 5.41) is 24.2. The Morgan fingerprint density at radius 3 is 2.31 bits per heavy atom. The molecule has 186 valence electrons. The maximum atomic E-state index is 13.8. The van der Waals surface area contributed by atoms with Crippen LogP contribution in [-0.2, 0) is 15.0 Å². The smallest absolute Gasteiger partial charge is 0.194 e. The zero-order chi connectivity index (χ0) is 26.5. The summed E-state index contributed by atoms with van der Waals surface area (Å²) in [6.45, 7) is 5.45. The van der Waals surface area contributed by atoms with Crippen molar-refractivity contribution in [3.63, 3.8) is 0 Å². The normalized spacial score (nSPS) is 19.6. The van der Waals surface area contributed by atoms with Gasteiger partial charge >= 0.3 is 0 Å². The van der Waals surface area contributed by atoms with Crippen LogP contribution in [0.5, 0.6) is 23.0 Å². The second-order valence-corrected chi connectivity index (χ2v) is 8.89. The summed E-state index contributed by atoms with van der Waals surface area (Å²) in [5.41, 5.74) is -1.37. The summed E-state index contributed by atoms with van der Waals surface area (Å²) in [6.07, 6.45) is 1.13. The van der Waals surface area contributed by atoms with Crippen molar-refractivity contribution in [3.05, 3.63) is 69.6 Å². The molecule has 2 aromatic rings. The van der Waals surface area contributed by atoms with Crippen LogP contribution in [0.3, 0.4) is 0 Å². The minimum Gasteiger partial charge on any atom is -0.507 e. The van der Waals surface area contributed by atoms with Crippen molar-refractivity contribution in [2.45, 2.75) is 33.1 Å². The fourth-order valence-electron chi connectivity index (χ4n) is 4.54. The van der Waals surface area contributed by atoms with Crippen molar-refractivity contribution in [1.82, 2.24) is 5.32 Å². The number of allylic oxidation sites excluding steroid dienone is 4. The van der Waals surface area contributed by atoms with E-state index in [4.69, 9.17) is 9.47 Å². The van der Waals surface area contributed by atoms with Gasteiger partial charge in [0.15, 0.2) is 23.1 Å². The van der Waals surface area contributed by atoms with Gasteiger partial charge in [0.1, 0.15) is 39.7 Å². The minimum absolute atomic E-state index is 0.00589. The highest BCUT2D eigenvalue weighted by atomic mass is 16.5. The SMILES string of the molecule is COc1ccc(C(=O)CN/C(C)=C2\C(=O)C=C3Oc4c(C(C)=O)c(O)c(C)c(O)c4[C@]3(C)C2=O)cc1. The topological polar surface area (TPSA) is 139 Å². The van der Waals surface area contributed by atoms with Crippen LogP contribution in [0.15, 0.2) is 47.4 Å². The highest BCUT2D eigenvalue weighted by molar-refractivity contribution is 6.31. The van der Waals surface area contributed by atoms with Crippen LogP contribution < -0.4 is 14.8 Å². The Labute approximate surface area is 207 Å². The molecule has 0 bridgehead atoms. The van der Waals surface area contributed by atoms with Crippen molar-refractivity contribution in [2.24, 2.45) is 0 Å². The molecule has 0 radical (unpaired) electrons. The van der Waals surface area contributed by atoms with Crippen molar-refractivity contribution in [1.29, 1.82) is 0 Å². The molecule has 0 aromatic heterocycles. The van der Waals surface area contributed by atoms with Gasteiger partial charge in [-0.25, -0.2) is 0 Å². The molecule has 1 aliphatic heterocycles. The Kier molecular flexibility index (Phi) is 5.95. The fraction of sp³-hybridized carbons (Fsp3) is 0.259. The molecular formula is C27H25NO8. The number of carbonyl (C=O) groups excluding carboxylic acids is 4. The molecule has 9 nitrogen and oxygen atoms in total. The third-order valence-corrected chi connectivity index (χ3v) is 6.69. The maximum absolute atomic E-state index is 13.8. The fourth-order valence-corrected chi connectivity index (χ4v) is 4.54. The van der Waals surface area contributed by atoms with E-state index >= 15 is 0 Å². The monoisotopic (exact) mass is 491 g/mol. The van der Waals surface area contributed by atoms with Gasteiger partial charge in [0.05, 0.1) is 24.8 Å². The second kappa shape index (κ2) is 8.67. The number of carbonyl (C=O) groups is 4. The number of ketones is 4. The van der Waals surface area contributed by atoms with Gasteiger partial charge in [0.2, 0.25) is 0 Å². The number of methoxy groups -OCH3 is 1. The van der Waals surface area contributed by atoms with E-state index < -0.39 is 34.3 Å². The molecular weight excluding hydrogens is 466 g/mol. The molecule has 2 aliphatic rings. The number of fused-ring (bicyclic) bond motifs is 3. The number of ether oxygens (including phenoxy) is 2. The van der Waals surface area contributed by atoms with Gasteiger partial charge in [-0.15, -0.1) is 0 Å². The van der Waals surface area contributed by atoms with Crippen molar-refractivity contribution >= 4 is 23.1 Å². The van der Waals surface area contributed by atoms with Crippen LogP contribution >= 0.6 is 0 Å². The molecule has 9 heteroatoms. The standard InChI is InChI=1S/C27H25NO8/c1-12-23(32)21(14(3)29)25-22(24(12)33)27(4)19(36-25)10-17(30)20(26(27)34)13(2)28-11-18(31)15-6-8-16(35-5)9-7-15/h6-10,28,32-33H,11H2,1-5H3/b20-13+/t27-/m1/s1. The van der Waals surface area contributed by atoms with E-state index in [0.29, 0.717) is 11.3 Å². The first kappa shape index (κ1) is 24.7. The Morgan fingerprint density at radius 1 is 1.08 bits per heavy atom. The minimum atomic E-state index is -1.62. The summed E-state index contributed by atoms with van der Waals surface area (Å²) in [5.74, 6) is -2.56. The summed E-state index contributed by atoms with van der Waals surface area (Å²) in [7, 11) is 1.52. The number of hydrogen-bond donors (Lipinski definition) is 3. The van der Waals surface area contributed by atoms with Crippen molar-refractivity contribution in [3.8, 4) is 23.0 Å². The van der Waals surface area contributed by atoms with E-state index in [0.717, 1.165) is 6.08 Å². The van der Waals surface area contributed by atoms with Crippen LogP contribution in [-0.4, -0.2) is 47.0 Å². The van der Waals surface area contributed by atoms with E-state index in [1.807, 2.05) is 0 Å². The van der Waals surface area contributed by atoms with Crippen LogP contribution in [0.25, 0.3) is 0 Å². The number of phenols is 2. The zero-order valence-electron chi connectivity index (χ0n) is 20.4. The maximum Gasteiger partial charge on any atom is 0.194 e. The van der Waals surface area contributed by atoms with Gasteiger partial charge in [-0.05, 0) is 52.0 Å². The molecule has 36 heavy (non-hydrogen) atoms. The molecule has 4 rings (SSSR count). The predicted octanol–water partition coefficient (Wildman–Crippen LogP) is 3.05. The molecule has 0 saturated carbocycles. The zero-order valence-corrected chi connectivity index (χ0v) is 20.4. The number of Topliss-reactive ketones (excluding diaryl/α,β-unsaturated/α-hetero) is 3. The van der Waals surface area contributed by atoms with Crippen LogP contribution in [0.2, 0.25) is 0 Å². The highest BCUT2D eigenvalue weighted by Gasteiger charge is 2.56. The molecule has 0 saturated heterocycles. The lowest BCUT2D eigenvalue weighted by Crippen LogP contribution is -2.41. The Hall–Kier alpha value is -4.40. The highest BCUT2D eigenvalue weighted by Crippen LogP contribution is 2.57. The Balaban J connectivity index is 1.72. The average Bonchev–Trinajstić information content (AvgIpc) is 3.13. The van der Waals surface area contributed by atoms with Gasteiger partial charge in [-0.1, -0.05) is 0 Å². The van der Waals surface area contributed by atoms with Gasteiger partial charge in [0, 0.05) is 22.9 Å². The van der Waals surface area contributed by atoms with Gasteiger partial charge in [-0.2, -0.15) is 0 Å². The third kappa shape index (κ3) is 3.55. The molecule has 3 N–H and O–H groups in total. The average molecular weight is 491 g/mol. The van der Waals surface area contributed by atoms with Crippen molar-refractivity contribution < 1.29 is 38.9 Å². The van der Waals surface area contributed by atoms with E-state index in [9.17, 15) is 29.4 Å². The third-order valence-electron chi connectivity index (χ3n) is 6.69. The summed E-state index contributed by atoms with van der Waals surface area (Å²) >= 11 is 0. The molecule has 0 fully saturated rings. The Morgan fingerprint density at radius 2 is 1.72 bits per heavy atom. The van der Waals surface area contributed by atoms with E-state index in [1.165, 1.54) is 34.8 Å². The first-order valence-electron chi connectivity index (χ1n) is 11.1. The largest absolute Gasteiger partial charge is 0.507 e. The number of nitrogens with one attached hydrogen (secondary N) is 1. The quantitative estimate of drug-likeness (QED) is 0.316. The molecule has 0 amide bonds. The molecule has 1 heterocycles. The van der Waals surface area contributed by atoms with Gasteiger partial charge in [0.25, 0.3) is 0 Å². The lowest BCUT2D eigenvalue weighted by molar-refractivity contribution is -0.123. The van der Waals surface area contributed by atoms with Crippen molar-refractivity contribution in [2.75, 3.05) is 13.7 Å². The van der Waals surface area contributed by atoms with E-state index in [-0.39, 0.29) is 51.8 Å². The first-order valence-corrected chi connectivity index (χ1v) is 11.1. The summed E-state index contributed by atoms with van der Waals surface area (Å²) in [6, 6.07) is 6.52. The number of rotatable bonds is 6. The number of hydrogen-bond acceptors (Lipinski definition) is 9. The van der Waals surface area contributed by atoms with Gasteiger partial charge < -0.3 is 25.0 Å². The lowest BCUT2D eigenvalue weighted by Gasteiger charge is -2.29.